The van der Waals surface area contributed by atoms with Crippen LogP contribution in [-0.2, 0) is 6.42 Å². The highest BCUT2D eigenvalue weighted by atomic mass is 32.1. The Balaban J connectivity index is 1.54. The number of hydrogen-bond acceptors (Lipinski definition) is 7. The summed E-state index contributed by atoms with van der Waals surface area (Å²) in [6.45, 7) is 0.796. The van der Waals surface area contributed by atoms with E-state index in [0.717, 1.165) is 46.9 Å². The lowest BCUT2D eigenvalue weighted by atomic mass is 10.3. The van der Waals surface area contributed by atoms with Crippen LogP contribution in [0.4, 0.5) is 5.82 Å². The third-order valence-electron chi connectivity index (χ3n) is 3.57. The predicted molar refractivity (Wildman–Crippen MR) is 93.8 cm³/mol. The fraction of sp³-hybridized carbons (Fsp3) is 0.188. The second kappa shape index (κ2) is 6.71. The first-order valence-corrected chi connectivity index (χ1v) is 8.53. The number of thiophene rings is 1. The molecule has 0 unspecified atom stereocenters. The molecule has 8 heteroatoms. The van der Waals surface area contributed by atoms with E-state index in [4.69, 9.17) is 0 Å². The Morgan fingerprint density at radius 3 is 2.96 bits per heavy atom. The van der Waals surface area contributed by atoms with Crippen molar-refractivity contribution in [1.29, 1.82) is 0 Å². The molecule has 7 nitrogen and oxygen atoms in total. The van der Waals surface area contributed by atoms with Crippen LogP contribution in [0.15, 0.2) is 42.2 Å². The van der Waals surface area contributed by atoms with Gasteiger partial charge in [-0.25, -0.2) is 15.0 Å². The Labute approximate surface area is 142 Å². The van der Waals surface area contributed by atoms with E-state index in [0.29, 0.717) is 5.82 Å². The van der Waals surface area contributed by atoms with E-state index < -0.39 is 0 Å². The van der Waals surface area contributed by atoms with Crippen molar-refractivity contribution >= 4 is 27.4 Å². The lowest BCUT2D eigenvalue weighted by Crippen LogP contribution is -2.07. The number of fused-ring (bicyclic) bond motifs is 1. The van der Waals surface area contributed by atoms with Gasteiger partial charge in [0.1, 0.15) is 28.5 Å². The lowest BCUT2D eigenvalue weighted by Gasteiger charge is -2.08. The van der Waals surface area contributed by atoms with Crippen LogP contribution < -0.4 is 5.32 Å². The van der Waals surface area contributed by atoms with Gasteiger partial charge in [0.2, 0.25) is 0 Å². The van der Waals surface area contributed by atoms with Crippen LogP contribution in [0.1, 0.15) is 12.2 Å². The number of nitrogens with zero attached hydrogens (tertiary/aromatic N) is 5. The van der Waals surface area contributed by atoms with Crippen LogP contribution in [0.25, 0.3) is 21.7 Å². The topological polar surface area (TPSA) is 92.3 Å². The number of H-pyrrole nitrogens is 1. The van der Waals surface area contributed by atoms with E-state index >= 15 is 0 Å². The molecule has 0 saturated heterocycles. The number of aromatic amines is 1. The highest BCUT2D eigenvalue weighted by Crippen LogP contribution is 2.27. The van der Waals surface area contributed by atoms with Crippen LogP contribution in [0.5, 0.6) is 0 Å². The number of aromatic nitrogens is 6. The third kappa shape index (κ3) is 3.09. The molecule has 0 aliphatic heterocycles. The highest BCUT2D eigenvalue weighted by molar-refractivity contribution is 7.16. The summed E-state index contributed by atoms with van der Waals surface area (Å²) in [5, 5.41) is 13.2. The van der Waals surface area contributed by atoms with Gasteiger partial charge in [0, 0.05) is 19.2 Å². The number of nitrogens with one attached hydrogen (secondary N) is 2. The molecule has 120 valence electrons. The molecule has 24 heavy (non-hydrogen) atoms. The molecule has 2 N–H and O–H groups in total. The maximum atomic E-state index is 4.66. The summed E-state index contributed by atoms with van der Waals surface area (Å²) < 4.78 is 0. The lowest BCUT2D eigenvalue weighted by molar-refractivity contribution is 0.804. The Kier molecular flexibility index (Phi) is 4.11. The maximum absolute atomic E-state index is 4.66. The van der Waals surface area contributed by atoms with E-state index in [1.54, 1.807) is 17.5 Å². The minimum atomic E-state index is 0.642. The standard InChI is InChI=1S/C16H15N7S/c1-2-7-17-12(4-1)15-21-14(11-6-9-24-16(11)22-15)18-8-3-5-13-19-10-20-23-13/h1-2,4,6-7,9-10H,3,5,8H2,(H,18,21,22)(H,19,20,23). The van der Waals surface area contributed by atoms with Crippen LogP contribution in [0.3, 0.4) is 0 Å². The van der Waals surface area contributed by atoms with E-state index in [-0.39, 0.29) is 0 Å². The molecule has 4 aromatic heterocycles. The summed E-state index contributed by atoms with van der Waals surface area (Å²) in [6.07, 6.45) is 5.06. The van der Waals surface area contributed by atoms with Crippen molar-refractivity contribution in [2.45, 2.75) is 12.8 Å². The smallest absolute Gasteiger partial charge is 0.181 e. The summed E-state index contributed by atoms with van der Waals surface area (Å²) >= 11 is 1.61. The zero-order valence-electron chi connectivity index (χ0n) is 12.8. The van der Waals surface area contributed by atoms with Crippen molar-refractivity contribution in [3.63, 3.8) is 0 Å². The molecule has 4 aromatic rings. The largest absolute Gasteiger partial charge is 0.369 e. The van der Waals surface area contributed by atoms with Gasteiger partial charge >= 0.3 is 0 Å². The van der Waals surface area contributed by atoms with Gasteiger partial charge < -0.3 is 5.32 Å². The maximum Gasteiger partial charge on any atom is 0.181 e. The monoisotopic (exact) mass is 337 g/mol. The number of anilines is 1. The minimum absolute atomic E-state index is 0.642. The van der Waals surface area contributed by atoms with Gasteiger partial charge in [0.05, 0.1) is 5.39 Å². The van der Waals surface area contributed by atoms with Crippen molar-refractivity contribution in [2.24, 2.45) is 0 Å². The molecule has 0 aliphatic rings. The summed E-state index contributed by atoms with van der Waals surface area (Å²) in [5.74, 6) is 2.39. The molecule has 0 spiro atoms. The highest BCUT2D eigenvalue weighted by Gasteiger charge is 2.11. The number of pyridine rings is 1. The van der Waals surface area contributed by atoms with Gasteiger partial charge in [-0.15, -0.1) is 11.3 Å². The van der Waals surface area contributed by atoms with E-state index in [1.807, 2.05) is 29.6 Å². The second-order valence-corrected chi connectivity index (χ2v) is 6.11. The number of rotatable bonds is 6. The summed E-state index contributed by atoms with van der Waals surface area (Å²) in [4.78, 5) is 18.7. The molecule has 0 saturated carbocycles. The van der Waals surface area contributed by atoms with Crippen molar-refractivity contribution in [3.05, 3.63) is 48.0 Å². The molecule has 0 atom stereocenters. The van der Waals surface area contributed by atoms with Crippen LogP contribution in [0, 0.1) is 0 Å². The SMILES string of the molecule is c1ccc(-c2nc(NCCCc3ncn[nH]3)c3ccsc3n2)nc1. The zero-order valence-corrected chi connectivity index (χ0v) is 13.6. The van der Waals surface area contributed by atoms with Crippen molar-refractivity contribution < 1.29 is 0 Å². The van der Waals surface area contributed by atoms with E-state index in [9.17, 15) is 0 Å². The predicted octanol–water partition coefficient (Wildman–Crippen LogP) is 2.92. The molecule has 0 aromatic carbocycles. The molecule has 0 amide bonds. The van der Waals surface area contributed by atoms with Crippen LogP contribution in [-0.4, -0.2) is 36.7 Å². The summed E-state index contributed by atoms with van der Waals surface area (Å²) in [7, 11) is 0. The van der Waals surface area contributed by atoms with Gasteiger partial charge in [-0.2, -0.15) is 5.10 Å². The van der Waals surface area contributed by atoms with E-state index in [2.05, 4.69) is 35.5 Å². The summed E-state index contributed by atoms with van der Waals surface area (Å²) in [5.41, 5.74) is 0.775. The quantitative estimate of drug-likeness (QED) is 0.526. The Morgan fingerprint density at radius 1 is 1.12 bits per heavy atom. The van der Waals surface area contributed by atoms with Gasteiger partial charge in [-0.1, -0.05) is 6.07 Å². The summed E-state index contributed by atoms with van der Waals surface area (Å²) in [6, 6.07) is 7.79. The molecule has 0 aliphatic carbocycles. The fourth-order valence-corrected chi connectivity index (χ4v) is 3.18. The normalized spacial score (nSPS) is 11.0. The van der Waals surface area contributed by atoms with Crippen LogP contribution in [0.2, 0.25) is 0 Å². The van der Waals surface area contributed by atoms with Crippen LogP contribution >= 0.6 is 11.3 Å². The fourth-order valence-electron chi connectivity index (χ4n) is 2.41. The molecular formula is C16H15N7S. The first kappa shape index (κ1) is 14.7. The average molecular weight is 337 g/mol. The number of aryl methyl sites for hydroxylation is 1. The minimum Gasteiger partial charge on any atom is -0.369 e. The average Bonchev–Trinajstić information content (AvgIpc) is 3.30. The van der Waals surface area contributed by atoms with Crippen molar-refractivity contribution in [1.82, 2.24) is 30.1 Å². The van der Waals surface area contributed by atoms with Gasteiger partial charge in [-0.3, -0.25) is 10.1 Å². The molecule has 4 rings (SSSR count). The Morgan fingerprint density at radius 2 is 2.12 bits per heavy atom. The zero-order chi connectivity index (χ0) is 16.2. The molecule has 0 fully saturated rings. The molecule has 4 heterocycles. The molecule has 0 radical (unpaired) electrons. The van der Waals surface area contributed by atoms with Crippen molar-refractivity contribution in [2.75, 3.05) is 11.9 Å². The van der Waals surface area contributed by atoms with Gasteiger partial charge in [0.15, 0.2) is 5.82 Å². The van der Waals surface area contributed by atoms with Crippen molar-refractivity contribution in [3.8, 4) is 11.5 Å². The molecule has 0 bridgehead atoms. The Bertz CT molecular complexity index is 918. The van der Waals surface area contributed by atoms with E-state index in [1.165, 1.54) is 6.33 Å². The first-order valence-electron chi connectivity index (χ1n) is 7.65. The number of hydrogen-bond donors (Lipinski definition) is 2. The molecular weight excluding hydrogens is 322 g/mol. The second-order valence-electron chi connectivity index (χ2n) is 5.21. The Hall–Kier alpha value is -2.87. The van der Waals surface area contributed by atoms with Gasteiger partial charge in [-0.05, 0) is 30.0 Å². The van der Waals surface area contributed by atoms with Gasteiger partial charge in [0.25, 0.3) is 0 Å². The first-order chi connectivity index (χ1) is 11.9. The third-order valence-corrected chi connectivity index (χ3v) is 4.37.